The summed E-state index contributed by atoms with van der Waals surface area (Å²) in [4.78, 5) is 0. The molecule has 0 saturated carbocycles. The lowest BCUT2D eigenvalue weighted by Gasteiger charge is -2.24. The summed E-state index contributed by atoms with van der Waals surface area (Å²) in [7, 11) is 0. The molecule has 1 aliphatic rings. The highest BCUT2D eigenvalue weighted by Crippen LogP contribution is 2.39. The van der Waals surface area contributed by atoms with Crippen molar-refractivity contribution in [3.8, 4) is 0 Å². The van der Waals surface area contributed by atoms with Crippen molar-refractivity contribution in [2.75, 3.05) is 0 Å². The van der Waals surface area contributed by atoms with E-state index >= 15 is 0 Å². The zero-order chi connectivity index (χ0) is 13.5. The number of halogens is 2. The molecule has 19 heavy (non-hydrogen) atoms. The van der Waals surface area contributed by atoms with Crippen molar-refractivity contribution in [1.82, 2.24) is 0 Å². The third-order valence-electron chi connectivity index (χ3n) is 3.86. The van der Waals surface area contributed by atoms with Gasteiger partial charge in [0.2, 0.25) is 0 Å². The number of fused-ring (bicyclic) bond motifs is 1. The molecule has 0 saturated heterocycles. The lowest BCUT2D eigenvalue weighted by atomic mass is 9.88. The zero-order valence-electron chi connectivity index (χ0n) is 10.4. The average molecular weight is 260 g/mol. The lowest BCUT2D eigenvalue weighted by Crippen LogP contribution is -2.26. The molecule has 1 aliphatic carbocycles. The molecule has 0 aliphatic heterocycles. The minimum atomic E-state index is -1.17. The highest BCUT2D eigenvalue weighted by molar-refractivity contribution is 5.39. The van der Waals surface area contributed by atoms with Crippen LogP contribution >= 0.6 is 0 Å². The van der Waals surface area contributed by atoms with Crippen LogP contribution in [0.1, 0.15) is 23.1 Å². The Morgan fingerprint density at radius 3 is 2.42 bits per heavy atom. The molecule has 1 unspecified atom stereocenters. The van der Waals surface area contributed by atoms with Gasteiger partial charge in [-0.3, -0.25) is 0 Å². The molecular formula is C16H14F2O. The summed E-state index contributed by atoms with van der Waals surface area (Å²) in [6.45, 7) is 0. The monoisotopic (exact) mass is 260 g/mol. The number of hydrogen-bond donors (Lipinski definition) is 1. The summed E-state index contributed by atoms with van der Waals surface area (Å²) < 4.78 is 27.4. The Bertz CT molecular complexity index is 604. The SMILES string of the molecule is OC1(Cc2c(F)cccc2F)CCc2ccccc21. The van der Waals surface area contributed by atoms with Crippen LogP contribution in [0.5, 0.6) is 0 Å². The van der Waals surface area contributed by atoms with Gasteiger partial charge in [0, 0.05) is 12.0 Å². The summed E-state index contributed by atoms with van der Waals surface area (Å²) in [6.07, 6.45) is 1.21. The van der Waals surface area contributed by atoms with Crippen LogP contribution in [0.2, 0.25) is 0 Å². The van der Waals surface area contributed by atoms with Gasteiger partial charge in [0.1, 0.15) is 11.6 Å². The molecule has 0 heterocycles. The Hall–Kier alpha value is -1.74. The van der Waals surface area contributed by atoms with Gasteiger partial charge in [-0.05, 0) is 36.1 Å². The van der Waals surface area contributed by atoms with Crippen LogP contribution in [-0.4, -0.2) is 5.11 Å². The number of rotatable bonds is 2. The predicted octanol–water partition coefficient (Wildman–Crippen LogP) is 3.34. The Balaban J connectivity index is 2.00. The van der Waals surface area contributed by atoms with Crippen LogP contribution in [0.3, 0.4) is 0 Å². The molecular weight excluding hydrogens is 246 g/mol. The molecule has 2 aromatic carbocycles. The van der Waals surface area contributed by atoms with Crippen LogP contribution in [0.15, 0.2) is 42.5 Å². The number of benzene rings is 2. The molecule has 3 heteroatoms. The largest absolute Gasteiger partial charge is 0.385 e. The van der Waals surface area contributed by atoms with Crippen LogP contribution in [0.4, 0.5) is 8.78 Å². The third kappa shape index (κ3) is 2.04. The van der Waals surface area contributed by atoms with E-state index in [1.165, 1.54) is 18.2 Å². The number of hydrogen-bond acceptors (Lipinski definition) is 1. The lowest BCUT2D eigenvalue weighted by molar-refractivity contribution is 0.0372. The van der Waals surface area contributed by atoms with E-state index in [2.05, 4.69) is 0 Å². The van der Waals surface area contributed by atoms with Gasteiger partial charge in [0.05, 0.1) is 5.60 Å². The van der Waals surface area contributed by atoms with Crippen molar-refractivity contribution in [2.24, 2.45) is 0 Å². The van der Waals surface area contributed by atoms with E-state index in [1.54, 1.807) is 0 Å². The molecule has 0 spiro atoms. The van der Waals surface area contributed by atoms with E-state index < -0.39 is 17.2 Å². The molecule has 0 radical (unpaired) electrons. The second-order valence-electron chi connectivity index (χ2n) is 5.07. The van der Waals surface area contributed by atoms with Crippen molar-refractivity contribution >= 4 is 0 Å². The Kier molecular flexibility index (Phi) is 2.86. The Morgan fingerprint density at radius 1 is 1.00 bits per heavy atom. The van der Waals surface area contributed by atoms with Gasteiger partial charge in [-0.2, -0.15) is 0 Å². The smallest absolute Gasteiger partial charge is 0.129 e. The van der Waals surface area contributed by atoms with Crippen molar-refractivity contribution in [2.45, 2.75) is 24.9 Å². The fraction of sp³-hybridized carbons (Fsp3) is 0.250. The van der Waals surface area contributed by atoms with E-state index in [0.717, 1.165) is 17.5 Å². The summed E-state index contributed by atoms with van der Waals surface area (Å²) in [6, 6.07) is 11.3. The topological polar surface area (TPSA) is 20.2 Å². The van der Waals surface area contributed by atoms with Crippen LogP contribution in [0, 0.1) is 11.6 Å². The number of aliphatic hydroxyl groups is 1. The molecule has 0 bridgehead atoms. The molecule has 0 amide bonds. The first-order chi connectivity index (χ1) is 9.10. The maximum Gasteiger partial charge on any atom is 0.129 e. The summed E-state index contributed by atoms with van der Waals surface area (Å²) in [5.41, 5.74) is 0.640. The fourth-order valence-electron chi connectivity index (χ4n) is 2.85. The van der Waals surface area contributed by atoms with Gasteiger partial charge in [-0.25, -0.2) is 8.78 Å². The molecule has 1 nitrogen and oxygen atoms in total. The van der Waals surface area contributed by atoms with Crippen LogP contribution in [0.25, 0.3) is 0 Å². The maximum absolute atomic E-state index is 13.7. The molecule has 1 N–H and O–H groups in total. The Labute approximate surface area is 110 Å². The minimum absolute atomic E-state index is 0.0253. The summed E-state index contributed by atoms with van der Waals surface area (Å²) in [5.74, 6) is -1.20. The molecule has 0 aromatic heterocycles. The zero-order valence-corrected chi connectivity index (χ0v) is 10.4. The average Bonchev–Trinajstić information content (AvgIpc) is 2.73. The van der Waals surface area contributed by atoms with Crippen molar-refractivity contribution < 1.29 is 13.9 Å². The first-order valence-corrected chi connectivity index (χ1v) is 6.34. The molecule has 3 rings (SSSR count). The third-order valence-corrected chi connectivity index (χ3v) is 3.86. The van der Waals surface area contributed by atoms with Crippen molar-refractivity contribution in [3.05, 3.63) is 70.8 Å². The van der Waals surface area contributed by atoms with E-state index in [4.69, 9.17) is 0 Å². The predicted molar refractivity (Wildman–Crippen MR) is 68.7 cm³/mol. The van der Waals surface area contributed by atoms with Gasteiger partial charge in [0.15, 0.2) is 0 Å². The standard InChI is InChI=1S/C16H14F2O/c17-14-6-3-7-15(18)12(14)10-16(19)9-8-11-4-1-2-5-13(11)16/h1-7,19H,8-10H2. The van der Waals surface area contributed by atoms with E-state index in [0.29, 0.717) is 6.42 Å². The van der Waals surface area contributed by atoms with Crippen LogP contribution < -0.4 is 0 Å². The van der Waals surface area contributed by atoms with Crippen LogP contribution in [-0.2, 0) is 18.4 Å². The summed E-state index contributed by atoms with van der Waals surface area (Å²) in [5, 5.41) is 10.7. The van der Waals surface area contributed by atoms with Gasteiger partial charge in [0.25, 0.3) is 0 Å². The van der Waals surface area contributed by atoms with Gasteiger partial charge in [-0.15, -0.1) is 0 Å². The second-order valence-corrected chi connectivity index (χ2v) is 5.07. The highest BCUT2D eigenvalue weighted by Gasteiger charge is 2.37. The Morgan fingerprint density at radius 2 is 1.68 bits per heavy atom. The van der Waals surface area contributed by atoms with E-state index in [-0.39, 0.29) is 12.0 Å². The van der Waals surface area contributed by atoms with Gasteiger partial charge < -0.3 is 5.11 Å². The van der Waals surface area contributed by atoms with Crippen molar-refractivity contribution in [1.29, 1.82) is 0 Å². The molecule has 0 fully saturated rings. The van der Waals surface area contributed by atoms with Gasteiger partial charge in [-0.1, -0.05) is 30.3 Å². The normalized spacial score (nSPS) is 21.4. The molecule has 2 aromatic rings. The first-order valence-electron chi connectivity index (χ1n) is 6.34. The second kappa shape index (κ2) is 4.42. The summed E-state index contributed by atoms with van der Waals surface area (Å²) >= 11 is 0. The molecule has 98 valence electrons. The van der Waals surface area contributed by atoms with E-state index in [1.807, 2.05) is 24.3 Å². The quantitative estimate of drug-likeness (QED) is 0.878. The minimum Gasteiger partial charge on any atom is -0.385 e. The van der Waals surface area contributed by atoms with Gasteiger partial charge >= 0.3 is 0 Å². The van der Waals surface area contributed by atoms with Crippen molar-refractivity contribution in [3.63, 3.8) is 0 Å². The first kappa shape index (κ1) is 12.3. The molecule has 1 atom stereocenters. The van der Waals surface area contributed by atoms with E-state index in [9.17, 15) is 13.9 Å². The number of aryl methyl sites for hydroxylation is 1. The highest BCUT2D eigenvalue weighted by atomic mass is 19.1. The fourth-order valence-corrected chi connectivity index (χ4v) is 2.85. The maximum atomic E-state index is 13.7.